The number of unbranched alkanes of at least 4 members (excludes halogenated alkanes) is 15. The van der Waals surface area contributed by atoms with Gasteiger partial charge in [0, 0.05) is 5.57 Å². The Morgan fingerprint density at radius 1 is 0.536 bits per heavy atom. The lowest BCUT2D eigenvalue weighted by Crippen LogP contribution is -2.05. The Kier molecular flexibility index (Phi) is 20.3. The van der Waals surface area contributed by atoms with E-state index >= 15 is 0 Å². The van der Waals surface area contributed by atoms with Crippen LogP contribution in [0.2, 0.25) is 0 Å². The Morgan fingerprint density at radius 3 is 1.29 bits per heavy atom. The van der Waals surface area contributed by atoms with Crippen molar-refractivity contribution in [3.63, 3.8) is 0 Å². The molecule has 0 unspecified atom stereocenters. The molecule has 166 valence electrons. The van der Waals surface area contributed by atoms with Gasteiger partial charge in [0.15, 0.2) is 0 Å². The molecule has 0 amide bonds. The summed E-state index contributed by atoms with van der Waals surface area (Å²) >= 11 is 0. The van der Waals surface area contributed by atoms with Crippen LogP contribution < -0.4 is 0 Å². The van der Waals surface area contributed by atoms with Crippen LogP contribution in [0.5, 0.6) is 0 Å². The van der Waals surface area contributed by atoms with Gasteiger partial charge in [-0.15, -0.1) is 0 Å². The van der Waals surface area contributed by atoms with Gasteiger partial charge in [-0.1, -0.05) is 123 Å². The monoisotopic (exact) mass is 394 g/mol. The van der Waals surface area contributed by atoms with Crippen molar-refractivity contribution >= 4 is 5.97 Å². The fourth-order valence-electron chi connectivity index (χ4n) is 4.06. The smallest absolute Gasteiger partial charge is 0.331 e. The van der Waals surface area contributed by atoms with Crippen molar-refractivity contribution in [1.29, 1.82) is 0 Å². The molecule has 0 aromatic rings. The third kappa shape index (κ3) is 16.2. The molecular formula is C26H50O2. The fraction of sp³-hybridized carbons (Fsp3) is 0.885. The lowest BCUT2D eigenvalue weighted by molar-refractivity contribution is -0.132. The summed E-state index contributed by atoms with van der Waals surface area (Å²) in [5.41, 5.74) is 1.92. The lowest BCUT2D eigenvalue weighted by Gasteiger charge is -2.11. The van der Waals surface area contributed by atoms with Crippen molar-refractivity contribution in [2.24, 2.45) is 0 Å². The van der Waals surface area contributed by atoms with E-state index in [1.54, 1.807) is 0 Å². The van der Waals surface area contributed by atoms with Crippen LogP contribution in [-0.4, -0.2) is 11.1 Å². The second-order valence-electron chi connectivity index (χ2n) is 8.54. The molecule has 0 aromatic heterocycles. The molecule has 2 heteroatoms. The van der Waals surface area contributed by atoms with Crippen LogP contribution in [-0.2, 0) is 4.79 Å². The van der Waals surface area contributed by atoms with Crippen molar-refractivity contribution in [1.82, 2.24) is 0 Å². The number of carboxylic acids is 1. The normalized spacial score (nSPS) is 12.2. The summed E-state index contributed by atoms with van der Waals surface area (Å²) < 4.78 is 0. The fourth-order valence-corrected chi connectivity index (χ4v) is 4.06. The van der Waals surface area contributed by atoms with Crippen LogP contribution in [0.4, 0.5) is 0 Å². The predicted molar refractivity (Wildman–Crippen MR) is 124 cm³/mol. The van der Waals surface area contributed by atoms with Crippen LogP contribution in [0.1, 0.15) is 149 Å². The molecule has 0 spiro atoms. The number of allylic oxidation sites excluding steroid dienone is 1. The maximum atomic E-state index is 11.6. The highest BCUT2D eigenvalue weighted by Gasteiger charge is 2.12. The average molecular weight is 395 g/mol. The topological polar surface area (TPSA) is 37.3 Å². The van der Waals surface area contributed by atoms with Crippen LogP contribution >= 0.6 is 0 Å². The standard InChI is InChI=1S/C26H50O2/c1-4-7-9-11-12-13-14-15-16-17-18-19-20-22-24(6-3)25(26(27)28)23-21-10-8-5-2/h4-23H2,1-3H3,(H,27,28). The van der Waals surface area contributed by atoms with Gasteiger partial charge in [-0.25, -0.2) is 4.79 Å². The summed E-state index contributed by atoms with van der Waals surface area (Å²) in [5, 5.41) is 9.58. The molecular weight excluding hydrogens is 344 g/mol. The molecule has 0 aliphatic carbocycles. The Bertz CT molecular complexity index is 384. The highest BCUT2D eigenvalue weighted by atomic mass is 16.4. The summed E-state index contributed by atoms with van der Waals surface area (Å²) in [5.74, 6) is -0.678. The van der Waals surface area contributed by atoms with Gasteiger partial charge < -0.3 is 5.11 Å². The molecule has 0 heterocycles. The molecule has 0 rings (SSSR count). The van der Waals surface area contributed by atoms with E-state index in [4.69, 9.17) is 0 Å². The second kappa shape index (κ2) is 20.9. The van der Waals surface area contributed by atoms with Crippen molar-refractivity contribution < 1.29 is 9.90 Å². The lowest BCUT2D eigenvalue weighted by atomic mass is 9.95. The molecule has 0 aromatic carbocycles. The summed E-state index contributed by atoms with van der Waals surface area (Å²) in [6.07, 6.45) is 25.0. The van der Waals surface area contributed by atoms with Gasteiger partial charge in [0.05, 0.1) is 0 Å². The van der Waals surface area contributed by atoms with Crippen LogP contribution in [0.25, 0.3) is 0 Å². The minimum Gasteiger partial charge on any atom is -0.478 e. The minimum atomic E-state index is -0.678. The van der Waals surface area contributed by atoms with Gasteiger partial charge in [-0.3, -0.25) is 0 Å². The maximum absolute atomic E-state index is 11.6. The molecule has 0 aliphatic rings. The van der Waals surface area contributed by atoms with Gasteiger partial charge in [0.1, 0.15) is 0 Å². The number of aliphatic carboxylic acids is 1. The third-order valence-corrected chi connectivity index (χ3v) is 5.97. The summed E-state index contributed by atoms with van der Waals surface area (Å²) in [4.78, 5) is 11.6. The van der Waals surface area contributed by atoms with Gasteiger partial charge in [-0.2, -0.15) is 0 Å². The van der Waals surface area contributed by atoms with E-state index in [-0.39, 0.29) is 0 Å². The summed E-state index contributed by atoms with van der Waals surface area (Å²) in [6, 6.07) is 0. The zero-order chi connectivity index (χ0) is 20.9. The van der Waals surface area contributed by atoms with E-state index in [1.165, 1.54) is 95.5 Å². The van der Waals surface area contributed by atoms with E-state index in [9.17, 15) is 9.90 Å². The molecule has 0 fully saturated rings. The molecule has 0 bridgehead atoms. The third-order valence-electron chi connectivity index (χ3n) is 5.97. The molecule has 0 atom stereocenters. The minimum absolute atomic E-state index is 0.678. The number of carbonyl (C=O) groups is 1. The first-order valence-corrected chi connectivity index (χ1v) is 12.6. The molecule has 0 aliphatic heterocycles. The average Bonchev–Trinajstić information content (AvgIpc) is 2.69. The molecule has 1 N–H and O–H groups in total. The number of rotatable bonds is 21. The first-order chi connectivity index (χ1) is 13.7. The Labute approximate surface area is 176 Å². The molecule has 0 saturated heterocycles. The Hall–Kier alpha value is -0.790. The first-order valence-electron chi connectivity index (χ1n) is 12.6. The molecule has 0 saturated carbocycles. The van der Waals surface area contributed by atoms with Gasteiger partial charge >= 0.3 is 5.97 Å². The zero-order valence-corrected chi connectivity index (χ0v) is 19.5. The highest BCUT2D eigenvalue weighted by Crippen LogP contribution is 2.23. The van der Waals surface area contributed by atoms with Gasteiger partial charge in [-0.05, 0) is 32.1 Å². The van der Waals surface area contributed by atoms with E-state index in [2.05, 4.69) is 20.8 Å². The quantitative estimate of drug-likeness (QED) is 0.155. The Morgan fingerprint density at radius 2 is 0.893 bits per heavy atom. The van der Waals surface area contributed by atoms with E-state index in [1.807, 2.05) is 0 Å². The predicted octanol–water partition coefficient (Wildman–Crippen LogP) is 9.23. The molecule has 2 nitrogen and oxygen atoms in total. The maximum Gasteiger partial charge on any atom is 0.331 e. The SMILES string of the molecule is CCCCCCCCCCCCCCCC(CC)=C(CCCCCC)C(=O)O. The number of hydrogen-bond donors (Lipinski definition) is 1. The number of hydrogen-bond acceptors (Lipinski definition) is 1. The van der Waals surface area contributed by atoms with Crippen LogP contribution in [0.3, 0.4) is 0 Å². The van der Waals surface area contributed by atoms with E-state index < -0.39 is 5.97 Å². The van der Waals surface area contributed by atoms with E-state index in [0.29, 0.717) is 0 Å². The van der Waals surface area contributed by atoms with Crippen LogP contribution in [0.15, 0.2) is 11.1 Å². The van der Waals surface area contributed by atoms with Crippen molar-refractivity contribution in [3.8, 4) is 0 Å². The highest BCUT2D eigenvalue weighted by molar-refractivity contribution is 5.87. The van der Waals surface area contributed by atoms with Crippen molar-refractivity contribution in [2.45, 2.75) is 149 Å². The van der Waals surface area contributed by atoms with Crippen molar-refractivity contribution in [3.05, 3.63) is 11.1 Å². The number of carboxylic acid groups (broad SMARTS) is 1. The van der Waals surface area contributed by atoms with Crippen LogP contribution in [0, 0.1) is 0 Å². The second-order valence-corrected chi connectivity index (χ2v) is 8.54. The summed E-state index contributed by atoms with van der Waals surface area (Å²) in [6.45, 7) is 6.59. The molecule has 28 heavy (non-hydrogen) atoms. The Balaban J connectivity index is 3.79. The van der Waals surface area contributed by atoms with Gasteiger partial charge in [0.25, 0.3) is 0 Å². The van der Waals surface area contributed by atoms with Crippen molar-refractivity contribution in [2.75, 3.05) is 0 Å². The summed E-state index contributed by atoms with van der Waals surface area (Å²) in [7, 11) is 0. The molecule has 0 radical (unpaired) electrons. The van der Waals surface area contributed by atoms with Gasteiger partial charge in [0.2, 0.25) is 0 Å². The first kappa shape index (κ1) is 27.2. The van der Waals surface area contributed by atoms with E-state index in [0.717, 1.165) is 44.1 Å². The zero-order valence-electron chi connectivity index (χ0n) is 19.5. The largest absolute Gasteiger partial charge is 0.478 e.